The Morgan fingerprint density at radius 3 is 2.23 bits per heavy atom. The van der Waals surface area contributed by atoms with Crippen LogP contribution in [0.4, 0.5) is 0 Å². The van der Waals surface area contributed by atoms with Crippen molar-refractivity contribution in [1.29, 1.82) is 0 Å². The van der Waals surface area contributed by atoms with Crippen LogP contribution in [0.5, 0.6) is 0 Å². The molecule has 1 heterocycles. The van der Waals surface area contributed by atoms with Crippen LogP contribution in [0.25, 0.3) is 32.4 Å². The number of benzene rings is 3. The number of hydrogen-bond acceptors (Lipinski definition) is 2. The third kappa shape index (κ3) is 1.72. The van der Waals surface area contributed by atoms with E-state index in [1.54, 1.807) is 0 Å². The van der Waals surface area contributed by atoms with E-state index in [0.29, 0.717) is 5.39 Å². The zero-order valence-corrected chi connectivity index (χ0v) is 12.5. The average molecular weight is 289 g/mol. The number of rotatable bonds is 1. The molecule has 4 aromatic rings. The van der Waals surface area contributed by atoms with E-state index in [1.807, 2.05) is 37.3 Å². The molecule has 0 bridgehead atoms. The Balaban J connectivity index is 2.32. The van der Waals surface area contributed by atoms with Crippen LogP contribution in [0.15, 0.2) is 59.4 Å². The summed E-state index contributed by atoms with van der Waals surface area (Å²) in [4.78, 5) is 18.1. The van der Waals surface area contributed by atoms with Crippen molar-refractivity contribution in [2.24, 2.45) is 0 Å². The summed E-state index contributed by atoms with van der Waals surface area (Å²) < 4.78 is 1.37. The summed E-state index contributed by atoms with van der Waals surface area (Å²) >= 11 is 0. The lowest BCUT2D eigenvalue weighted by atomic mass is 10.0. The molecule has 3 aromatic carbocycles. The highest BCUT2D eigenvalue weighted by Crippen LogP contribution is 2.27. The molecule has 0 fully saturated rings. The molecule has 0 saturated carbocycles. The molecule has 0 aliphatic carbocycles. The van der Waals surface area contributed by atoms with Gasteiger partial charge in [-0.3, -0.25) is 4.79 Å². The van der Waals surface area contributed by atoms with Gasteiger partial charge >= 0.3 is 0 Å². The van der Waals surface area contributed by atoms with Crippen LogP contribution in [0.3, 0.4) is 0 Å². The lowest BCUT2D eigenvalue weighted by molar-refractivity contribution is 0.170. The van der Waals surface area contributed by atoms with Crippen molar-refractivity contribution in [3.63, 3.8) is 0 Å². The molecule has 0 amide bonds. The molecule has 0 N–H and O–H groups in total. The molecule has 0 radical (unpaired) electrons. The second-order valence-electron chi connectivity index (χ2n) is 5.55. The standard InChI is InChI=1S/C19H15NO2/c1-12-7-8-15-16-10-13-5-3-4-6-14(13)11-17(16)19(21)20(22-2)18(15)9-12/h3-11H,1-2H3. The van der Waals surface area contributed by atoms with Crippen molar-refractivity contribution in [3.8, 4) is 0 Å². The van der Waals surface area contributed by atoms with Gasteiger partial charge in [0.15, 0.2) is 0 Å². The van der Waals surface area contributed by atoms with Crippen LogP contribution in [-0.2, 0) is 0 Å². The first-order valence-corrected chi connectivity index (χ1v) is 7.21. The Morgan fingerprint density at radius 2 is 1.55 bits per heavy atom. The van der Waals surface area contributed by atoms with Gasteiger partial charge in [0.2, 0.25) is 0 Å². The van der Waals surface area contributed by atoms with Crippen LogP contribution in [0.1, 0.15) is 5.56 Å². The summed E-state index contributed by atoms with van der Waals surface area (Å²) in [5, 5.41) is 4.85. The molecular formula is C19H15NO2. The van der Waals surface area contributed by atoms with Gasteiger partial charge in [0.1, 0.15) is 7.11 Å². The van der Waals surface area contributed by atoms with Gasteiger partial charge in [-0.2, -0.15) is 0 Å². The average Bonchev–Trinajstić information content (AvgIpc) is 2.54. The van der Waals surface area contributed by atoms with Crippen molar-refractivity contribution in [1.82, 2.24) is 4.73 Å². The summed E-state index contributed by atoms with van der Waals surface area (Å²) in [5.41, 5.74) is 1.77. The van der Waals surface area contributed by atoms with Gasteiger partial charge < -0.3 is 4.84 Å². The number of aromatic nitrogens is 1. The van der Waals surface area contributed by atoms with E-state index in [2.05, 4.69) is 24.3 Å². The fourth-order valence-corrected chi connectivity index (χ4v) is 3.08. The Bertz CT molecular complexity index is 1090. The van der Waals surface area contributed by atoms with Crippen molar-refractivity contribution < 1.29 is 4.84 Å². The van der Waals surface area contributed by atoms with E-state index in [9.17, 15) is 4.79 Å². The number of pyridine rings is 1. The van der Waals surface area contributed by atoms with Gasteiger partial charge in [-0.15, -0.1) is 4.73 Å². The van der Waals surface area contributed by atoms with Gasteiger partial charge in [0, 0.05) is 5.39 Å². The maximum atomic E-state index is 12.8. The molecule has 1 aromatic heterocycles. The molecule has 0 aliphatic heterocycles. The van der Waals surface area contributed by atoms with E-state index >= 15 is 0 Å². The van der Waals surface area contributed by atoms with Crippen LogP contribution >= 0.6 is 0 Å². The summed E-state index contributed by atoms with van der Waals surface area (Å²) in [7, 11) is 1.52. The topological polar surface area (TPSA) is 31.2 Å². The third-order valence-corrected chi connectivity index (χ3v) is 4.15. The van der Waals surface area contributed by atoms with Crippen molar-refractivity contribution in [3.05, 3.63) is 70.5 Å². The first kappa shape index (κ1) is 12.9. The predicted octanol–water partition coefficient (Wildman–Crippen LogP) is 3.67. The van der Waals surface area contributed by atoms with Gasteiger partial charge in [0.25, 0.3) is 5.56 Å². The summed E-state index contributed by atoms with van der Waals surface area (Å²) in [6.07, 6.45) is 0. The SMILES string of the molecule is COn1c(=O)c2cc3ccccc3cc2c2ccc(C)cc21. The smallest absolute Gasteiger partial charge is 0.291 e. The zero-order chi connectivity index (χ0) is 15.3. The van der Waals surface area contributed by atoms with E-state index in [0.717, 1.165) is 32.6 Å². The molecule has 22 heavy (non-hydrogen) atoms. The van der Waals surface area contributed by atoms with Crippen LogP contribution in [0, 0.1) is 6.92 Å². The lowest BCUT2D eigenvalue weighted by Gasteiger charge is -2.12. The highest BCUT2D eigenvalue weighted by atomic mass is 16.6. The van der Waals surface area contributed by atoms with Gasteiger partial charge in [-0.25, -0.2) is 0 Å². The fraction of sp³-hybridized carbons (Fsp3) is 0.105. The van der Waals surface area contributed by atoms with Gasteiger partial charge in [0.05, 0.1) is 10.9 Å². The van der Waals surface area contributed by atoms with Gasteiger partial charge in [-0.1, -0.05) is 36.4 Å². The molecule has 0 atom stereocenters. The fourth-order valence-electron chi connectivity index (χ4n) is 3.08. The van der Waals surface area contributed by atoms with E-state index < -0.39 is 0 Å². The van der Waals surface area contributed by atoms with E-state index in [-0.39, 0.29) is 5.56 Å². The maximum Gasteiger partial charge on any atom is 0.291 e. The second-order valence-corrected chi connectivity index (χ2v) is 5.55. The minimum atomic E-state index is -0.124. The molecule has 108 valence electrons. The molecule has 3 nitrogen and oxygen atoms in total. The Hall–Kier alpha value is -2.81. The highest BCUT2D eigenvalue weighted by Gasteiger charge is 2.12. The van der Waals surface area contributed by atoms with Gasteiger partial charge in [-0.05, 0) is 46.8 Å². The first-order chi connectivity index (χ1) is 10.7. The zero-order valence-electron chi connectivity index (χ0n) is 12.5. The Labute approximate surface area is 127 Å². The van der Waals surface area contributed by atoms with Crippen LogP contribution in [-0.4, -0.2) is 11.8 Å². The van der Waals surface area contributed by atoms with Crippen molar-refractivity contribution in [2.45, 2.75) is 6.92 Å². The summed E-state index contributed by atoms with van der Waals surface area (Å²) in [6.45, 7) is 2.01. The normalized spacial score (nSPS) is 11.4. The number of nitrogens with zero attached hydrogens (tertiary/aromatic N) is 1. The lowest BCUT2D eigenvalue weighted by Crippen LogP contribution is -2.25. The predicted molar refractivity (Wildman–Crippen MR) is 90.5 cm³/mol. The summed E-state index contributed by atoms with van der Waals surface area (Å²) in [5.74, 6) is 0. The van der Waals surface area contributed by atoms with Crippen molar-refractivity contribution >= 4 is 32.4 Å². The molecular weight excluding hydrogens is 274 g/mol. The molecule has 0 unspecified atom stereocenters. The highest BCUT2D eigenvalue weighted by molar-refractivity contribution is 6.10. The largest absolute Gasteiger partial charge is 0.413 e. The summed E-state index contributed by atoms with van der Waals surface area (Å²) in [6, 6.07) is 18.2. The van der Waals surface area contributed by atoms with Crippen molar-refractivity contribution in [2.75, 3.05) is 7.11 Å². The third-order valence-electron chi connectivity index (χ3n) is 4.15. The molecule has 0 aliphatic rings. The minimum absolute atomic E-state index is 0.124. The number of fused-ring (bicyclic) bond motifs is 4. The molecule has 0 spiro atoms. The van der Waals surface area contributed by atoms with E-state index in [1.165, 1.54) is 11.8 Å². The molecule has 4 rings (SSSR count). The molecule has 3 heteroatoms. The Morgan fingerprint density at radius 1 is 0.864 bits per heavy atom. The van der Waals surface area contributed by atoms with Crippen LogP contribution < -0.4 is 10.4 Å². The number of hydrogen-bond donors (Lipinski definition) is 0. The minimum Gasteiger partial charge on any atom is -0.413 e. The maximum absolute atomic E-state index is 12.8. The quantitative estimate of drug-likeness (QED) is 0.395. The first-order valence-electron chi connectivity index (χ1n) is 7.21. The van der Waals surface area contributed by atoms with E-state index in [4.69, 9.17) is 4.84 Å². The monoisotopic (exact) mass is 289 g/mol. The second kappa shape index (κ2) is 4.60. The molecule has 0 saturated heterocycles. The van der Waals surface area contributed by atoms with Crippen LogP contribution in [0.2, 0.25) is 0 Å². The Kier molecular flexibility index (Phi) is 2.70. The number of aryl methyl sites for hydroxylation is 1.